The molecule has 0 radical (unpaired) electrons. The van der Waals surface area contributed by atoms with E-state index < -0.39 is 0 Å². The van der Waals surface area contributed by atoms with Gasteiger partial charge in [-0.25, -0.2) is 0 Å². The van der Waals surface area contributed by atoms with E-state index in [1.54, 1.807) is 0 Å². The van der Waals surface area contributed by atoms with Gasteiger partial charge in [0.25, 0.3) is 0 Å². The molecule has 0 aromatic carbocycles. The van der Waals surface area contributed by atoms with Gasteiger partial charge in [-0.1, -0.05) is 27.7 Å². The fourth-order valence-electron chi connectivity index (χ4n) is 1.42. The van der Waals surface area contributed by atoms with Crippen molar-refractivity contribution in [3.63, 3.8) is 0 Å². The molecule has 2 nitrogen and oxygen atoms in total. The number of hydrogen-bond acceptors (Lipinski definition) is 2. The molecule has 15 heavy (non-hydrogen) atoms. The molecule has 1 N–H and O–H groups in total. The number of aliphatic hydroxyl groups is 1. The Kier molecular flexibility index (Phi) is 9.12. The van der Waals surface area contributed by atoms with Crippen LogP contribution in [0.5, 0.6) is 0 Å². The van der Waals surface area contributed by atoms with Crippen LogP contribution < -0.4 is 0 Å². The molecule has 0 bridgehead atoms. The SMILES string of the molecule is CC(C)CCCOCC(O)CCC(C)C. The van der Waals surface area contributed by atoms with E-state index in [1.165, 1.54) is 6.42 Å². The molecule has 92 valence electrons. The van der Waals surface area contributed by atoms with Crippen LogP contribution in [0.1, 0.15) is 53.4 Å². The molecule has 0 rings (SSSR count). The van der Waals surface area contributed by atoms with E-state index in [0.29, 0.717) is 12.5 Å². The molecule has 0 aliphatic heterocycles. The quantitative estimate of drug-likeness (QED) is 0.600. The Morgan fingerprint density at radius 2 is 1.53 bits per heavy atom. The summed E-state index contributed by atoms with van der Waals surface area (Å²) in [5.74, 6) is 1.42. The van der Waals surface area contributed by atoms with Crippen LogP contribution in [-0.2, 0) is 4.74 Å². The van der Waals surface area contributed by atoms with Crippen molar-refractivity contribution in [2.24, 2.45) is 11.8 Å². The van der Waals surface area contributed by atoms with Crippen LogP contribution in [0.3, 0.4) is 0 Å². The van der Waals surface area contributed by atoms with E-state index in [9.17, 15) is 5.11 Å². The lowest BCUT2D eigenvalue weighted by Gasteiger charge is -2.12. The van der Waals surface area contributed by atoms with Crippen molar-refractivity contribution in [2.75, 3.05) is 13.2 Å². The van der Waals surface area contributed by atoms with Crippen molar-refractivity contribution < 1.29 is 9.84 Å². The molecule has 0 saturated heterocycles. The zero-order chi connectivity index (χ0) is 11.7. The third-order valence-corrected chi connectivity index (χ3v) is 2.46. The van der Waals surface area contributed by atoms with Gasteiger partial charge in [0.2, 0.25) is 0 Å². The average molecular weight is 216 g/mol. The predicted molar refractivity (Wildman–Crippen MR) is 65.0 cm³/mol. The van der Waals surface area contributed by atoms with E-state index in [4.69, 9.17) is 4.74 Å². The van der Waals surface area contributed by atoms with E-state index in [2.05, 4.69) is 27.7 Å². The second-order valence-corrected chi connectivity index (χ2v) is 5.24. The van der Waals surface area contributed by atoms with Crippen LogP contribution in [0.4, 0.5) is 0 Å². The smallest absolute Gasteiger partial charge is 0.0773 e. The molecule has 1 unspecified atom stereocenters. The highest BCUT2D eigenvalue weighted by Gasteiger charge is 2.05. The number of ether oxygens (including phenoxy) is 1. The summed E-state index contributed by atoms with van der Waals surface area (Å²) >= 11 is 0. The lowest BCUT2D eigenvalue weighted by molar-refractivity contribution is 0.0279. The molecule has 0 spiro atoms. The fourth-order valence-corrected chi connectivity index (χ4v) is 1.42. The van der Waals surface area contributed by atoms with E-state index in [-0.39, 0.29) is 6.10 Å². The first-order chi connectivity index (χ1) is 7.02. The van der Waals surface area contributed by atoms with Crippen molar-refractivity contribution in [3.8, 4) is 0 Å². The standard InChI is InChI=1S/C13H28O2/c1-11(2)6-5-9-15-10-13(14)8-7-12(3)4/h11-14H,5-10H2,1-4H3. The van der Waals surface area contributed by atoms with Crippen molar-refractivity contribution in [1.82, 2.24) is 0 Å². The topological polar surface area (TPSA) is 29.5 Å². The molecule has 0 heterocycles. The van der Waals surface area contributed by atoms with Crippen LogP contribution >= 0.6 is 0 Å². The van der Waals surface area contributed by atoms with Gasteiger partial charge in [-0.05, 0) is 37.5 Å². The van der Waals surface area contributed by atoms with Crippen molar-refractivity contribution >= 4 is 0 Å². The minimum Gasteiger partial charge on any atom is -0.391 e. The molecule has 0 amide bonds. The number of hydrogen-bond donors (Lipinski definition) is 1. The van der Waals surface area contributed by atoms with Gasteiger partial charge in [0, 0.05) is 6.61 Å². The summed E-state index contributed by atoms with van der Waals surface area (Å²) in [6, 6.07) is 0. The molecule has 2 heteroatoms. The summed E-state index contributed by atoms with van der Waals surface area (Å²) in [5, 5.41) is 9.58. The Bertz CT molecular complexity index is 132. The Labute approximate surface area is 95.0 Å². The monoisotopic (exact) mass is 216 g/mol. The third kappa shape index (κ3) is 11.8. The Morgan fingerprint density at radius 1 is 0.933 bits per heavy atom. The first kappa shape index (κ1) is 14.9. The first-order valence-electron chi connectivity index (χ1n) is 6.28. The van der Waals surface area contributed by atoms with Crippen molar-refractivity contribution in [3.05, 3.63) is 0 Å². The lowest BCUT2D eigenvalue weighted by Crippen LogP contribution is -2.16. The first-order valence-corrected chi connectivity index (χ1v) is 6.28. The third-order valence-electron chi connectivity index (χ3n) is 2.46. The van der Waals surface area contributed by atoms with E-state index in [0.717, 1.165) is 31.8 Å². The summed E-state index contributed by atoms with van der Waals surface area (Å²) in [6.07, 6.45) is 3.99. The van der Waals surface area contributed by atoms with Crippen molar-refractivity contribution in [2.45, 2.75) is 59.5 Å². The van der Waals surface area contributed by atoms with Crippen molar-refractivity contribution in [1.29, 1.82) is 0 Å². The van der Waals surface area contributed by atoms with Gasteiger partial charge in [0.15, 0.2) is 0 Å². The predicted octanol–water partition coefficient (Wildman–Crippen LogP) is 3.24. The van der Waals surface area contributed by atoms with Crippen LogP contribution in [0, 0.1) is 11.8 Å². The van der Waals surface area contributed by atoms with Gasteiger partial charge in [-0.2, -0.15) is 0 Å². The fraction of sp³-hybridized carbons (Fsp3) is 1.00. The van der Waals surface area contributed by atoms with Gasteiger partial charge >= 0.3 is 0 Å². The van der Waals surface area contributed by atoms with Gasteiger partial charge in [0.05, 0.1) is 12.7 Å². The Morgan fingerprint density at radius 3 is 2.07 bits per heavy atom. The number of rotatable bonds is 9. The molecular weight excluding hydrogens is 188 g/mol. The second kappa shape index (κ2) is 9.17. The van der Waals surface area contributed by atoms with Gasteiger partial charge in [-0.3, -0.25) is 0 Å². The summed E-state index contributed by atoms with van der Waals surface area (Å²) in [7, 11) is 0. The molecule has 0 aliphatic rings. The summed E-state index contributed by atoms with van der Waals surface area (Å²) in [4.78, 5) is 0. The van der Waals surface area contributed by atoms with Crippen LogP contribution in [-0.4, -0.2) is 24.4 Å². The number of aliphatic hydroxyl groups excluding tert-OH is 1. The highest BCUT2D eigenvalue weighted by Crippen LogP contribution is 2.08. The normalized spacial score (nSPS) is 13.8. The van der Waals surface area contributed by atoms with E-state index in [1.807, 2.05) is 0 Å². The van der Waals surface area contributed by atoms with E-state index >= 15 is 0 Å². The zero-order valence-electron chi connectivity index (χ0n) is 10.8. The highest BCUT2D eigenvalue weighted by molar-refractivity contribution is 4.56. The lowest BCUT2D eigenvalue weighted by atomic mass is 10.1. The maximum atomic E-state index is 9.58. The second-order valence-electron chi connectivity index (χ2n) is 5.24. The van der Waals surface area contributed by atoms with Gasteiger partial charge < -0.3 is 9.84 Å². The van der Waals surface area contributed by atoms with Gasteiger partial charge in [0.1, 0.15) is 0 Å². The summed E-state index contributed by atoms with van der Waals surface area (Å²) in [6.45, 7) is 10.1. The highest BCUT2D eigenvalue weighted by atomic mass is 16.5. The Balaban J connectivity index is 3.20. The molecular formula is C13H28O2. The van der Waals surface area contributed by atoms with Crippen LogP contribution in [0.25, 0.3) is 0 Å². The minimum atomic E-state index is -0.272. The molecule has 0 aromatic rings. The van der Waals surface area contributed by atoms with Crippen LogP contribution in [0.15, 0.2) is 0 Å². The molecule has 0 aromatic heterocycles. The Hall–Kier alpha value is -0.0800. The summed E-state index contributed by atoms with van der Waals surface area (Å²) < 4.78 is 5.43. The van der Waals surface area contributed by atoms with Gasteiger partial charge in [-0.15, -0.1) is 0 Å². The minimum absolute atomic E-state index is 0.272. The molecule has 1 atom stereocenters. The zero-order valence-corrected chi connectivity index (χ0v) is 10.8. The largest absolute Gasteiger partial charge is 0.391 e. The molecule has 0 saturated carbocycles. The maximum absolute atomic E-state index is 9.58. The van der Waals surface area contributed by atoms with Crippen LogP contribution in [0.2, 0.25) is 0 Å². The average Bonchev–Trinajstić information content (AvgIpc) is 2.13. The molecule has 0 aliphatic carbocycles. The maximum Gasteiger partial charge on any atom is 0.0773 e. The summed E-state index contributed by atoms with van der Waals surface area (Å²) in [5.41, 5.74) is 0. The molecule has 0 fully saturated rings.